The highest BCUT2D eigenvalue weighted by atomic mass is 32.2. The first-order chi connectivity index (χ1) is 9.42. The second-order valence-corrected chi connectivity index (χ2v) is 6.77. The molecule has 20 heavy (non-hydrogen) atoms. The van der Waals surface area contributed by atoms with Gasteiger partial charge in [-0.05, 0) is 18.2 Å². The number of carbonyl (C=O) groups excluding carboxylic acids is 1. The number of hydrogen-bond donors (Lipinski definition) is 2. The van der Waals surface area contributed by atoms with Crippen LogP contribution in [-0.4, -0.2) is 25.9 Å². The van der Waals surface area contributed by atoms with E-state index in [1.807, 2.05) is 0 Å². The molecule has 1 heterocycles. The van der Waals surface area contributed by atoms with Crippen LogP contribution < -0.4 is 10.0 Å². The smallest absolute Gasteiger partial charge is 0.240 e. The van der Waals surface area contributed by atoms with Crippen LogP contribution in [0, 0.1) is 0 Å². The Labute approximate surface area is 120 Å². The molecule has 0 aliphatic carbocycles. The van der Waals surface area contributed by atoms with Crippen LogP contribution in [-0.2, 0) is 14.8 Å². The molecule has 2 aromatic rings. The summed E-state index contributed by atoms with van der Waals surface area (Å²) in [7, 11) is -3.56. The van der Waals surface area contributed by atoms with Crippen molar-refractivity contribution in [3.63, 3.8) is 0 Å². The molecule has 0 unspecified atom stereocenters. The van der Waals surface area contributed by atoms with Gasteiger partial charge in [-0.15, -0.1) is 6.58 Å². The van der Waals surface area contributed by atoms with Gasteiger partial charge in [-0.2, -0.15) is 0 Å². The number of carbonyl (C=O) groups is 1. The predicted molar refractivity (Wildman–Crippen MR) is 79.3 cm³/mol. The highest BCUT2D eigenvalue weighted by Gasteiger charge is 2.15. The van der Waals surface area contributed by atoms with Crippen LogP contribution in [0.3, 0.4) is 0 Å². The Balaban J connectivity index is 2.38. The Hall–Kier alpha value is -1.77. The van der Waals surface area contributed by atoms with Crippen molar-refractivity contribution in [2.45, 2.75) is 11.8 Å². The van der Waals surface area contributed by atoms with E-state index in [4.69, 9.17) is 0 Å². The van der Waals surface area contributed by atoms with Crippen LogP contribution in [0.2, 0.25) is 0 Å². The van der Waals surface area contributed by atoms with Crippen molar-refractivity contribution >= 4 is 42.6 Å². The molecular weight excluding hydrogens is 298 g/mol. The number of aromatic nitrogens is 1. The average Bonchev–Trinajstić information content (AvgIpc) is 2.76. The minimum absolute atomic E-state index is 0.157. The van der Waals surface area contributed by atoms with Crippen LogP contribution in [0.25, 0.3) is 10.2 Å². The summed E-state index contributed by atoms with van der Waals surface area (Å²) in [6.07, 6.45) is 1.47. The number of hydrogen-bond acceptors (Lipinski definition) is 5. The summed E-state index contributed by atoms with van der Waals surface area (Å²) < 4.78 is 27.0. The molecule has 0 bridgehead atoms. The van der Waals surface area contributed by atoms with E-state index in [0.29, 0.717) is 15.3 Å². The van der Waals surface area contributed by atoms with Crippen molar-refractivity contribution in [2.75, 3.05) is 11.9 Å². The van der Waals surface area contributed by atoms with E-state index in [1.165, 1.54) is 36.5 Å². The summed E-state index contributed by atoms with van der Waals surface area (Å²) in [5.74, 6) is -0.218. The first kappa shape index (κ1) is 14.6. The number of thiazole rings is 1. The molecule has 0 aliphatic rings. The zero-order chi connectivity index (χ0) is 14.8. The van der Waals surface area contributed by atoms with E-state index >= 15 is 0 Å². The normalized spacial score (nSPS) is 11.4. The molecule has 0 spiro atoms. The summed E-state index contributed by atoms with van der Waals surface area (Å²) in [4.78, 5) is 15.3. The molecule has 106 valence electrons. The van der Waals surface area contributed by atoms with E-state index in [2.05, 4.69) is 21.6 Å². The Morgan fingerprint density at radius 2 is 2.25 bits per heavy atom. The molecule has 6 nitrogen and oxygen atoms in total. The van der Waals surface area contributed by atoms with Gasteiger partial charge < -0.3 is 5.32 Å². The zero-order valence-electron chi connectivity index (χ0n) is 10.7. The molecule has 1 amide bonds. The largest absolute Gasteiger partial charge is 0.302 e. The number of rotatable bonds is 5. The predicted octanol–water partition coefficient (Wildman–Crippen LogP) is 1.72. The lowest BCUT2D eigenvalue weighted by atomic mass is 10.3. The maximum atomic E-state index is 12.0. The monoisotopic (exact) mass is 311 g/mol. The summed E-state index contributed by atoms with van der Waals surface area (Å²) >= 11 is 1.22. The van der Waals surface area contributed by atoms with Crippen LogP contribution >= 0.6 is 11.3 Å². The number of sulfonamides is 1. The number of amides is 1. The molecule has 0 saturated carbocycles. The van der Waals surface area contributed by atoms with Crippen molar-refractivity contribution in [1.82, 2.24) is 9.71 Å². The fourth-order valence-electron chi connectivity index (χ4n) is 1.53. The molecule has 8 heteroatoms. The Kier molecular flexibility index (Phi) is 4.17. The van der Waals surface area contributed by atoms with Crippen LogP contribution in [0.4, 0.5) is 5.13 Å². The van der Waals surface area contributed by atoms with Crippen molar-refractivity contribution < 1.29 is 13.2 Å². The van der Waals surface area contributed by atoms with Crippen LogP contribution in [0.1, 0.15) is 6.92 Å². The van der Waals surface area contributed by atoms with Gasteiger partial charge in [0.05, 0.1) is 15.1 Å². The summed E-state index contributed by atoms with van der Waals surface area (Å²) in [6, 6.07) is 4.62. The minimum atomic E-state index is -3.56. The van der Waals surface area contributed by atoms with Crippen LogP contribution in [0.15, 0.2) is 35.7 Å². The van der Waals surface area contributed by atoms with Gasteiger partial charge in [0.15, 0.2) is 5.13 Å². The quantitative estimate of drug-likeness (QED) is 0.823. The lowest BCUT2D eigenvalue weighted by Crippen LogP contribution is -2.23. The summed E-state index contributed by atoms with van der Waals surface area (Å²) in [6.45, 7) is 5.02. The van der Waals surface area contributed by atoms with E-state index < -0.39 is 10.0 Å². The molecule has 0 fully saturated rings. The summed E-state index contributed by atoms with van der Waals surface area (Å²) in [5.41, 5.74) is 0.640. The molecule has 1 aromatic carbocycles. The Morgan fingerprint density at radius 3 is 2.90 bits per heavy atom. The third-order valence-corrected chi connectivity index (χ3v) is 4.73. The molecule has 0 aliphatic heterocycles. The maximum absolute atomic E-state index is 12.0. The highest BCUT2D eigenvalue weighted by molar-refractivity contribution is 7.89. The Morgan fingerprint density at radius 1 is 1.50 bits per heavy atom. The number of nitrogens with one attached hydrogen (secondary N) is 2. The van der Waals surface area contributed by atoms with Gasteiger partial charge in [-0.1, -0.05) is 17.4 Å². The average molecular weight is 311 g/mol. The second kappa shape index (κ2) is 5.70. The lowest BCUT2D eigenvalue weighted by Gasteiger charge is -2.03. The Bertz CT molecular complexity index is 765. The first-order valence-corrected chi connectivity index (χ1v) is 8.01. The van der Waals surface area contributed by atoms with E-state index in [0.717, 1.165) is 0 Å². The molecule has 2 N–H and O–H groups in total. The van der Waals surface area contributed by atoms with E-state index in [1.54, 1.807) is 6.07 Å². The molecular formula is C12H13N3O3S2. The minimum Gasteiger partial charge on any atom is -0.302 e. The fourth-order valence-corrected chi connectivity index (χ4v) is 3.58. The van der Waals surface area contributed by atoms with Gasteiger partial charge in [0.25, 0.3) is 0 Å². The fraction of sp³-hybridized carbons (Fsp3) is 0.167. The topological polar surface area (TPSA) is 88.2 Å². The number of fused-ring (bicyclic) bond motifs is 1. The molecule has 0 saturated heterocycles. The zero-order valence-corrected chi connectivity index (χ0v) is 12.3. The van der Waals surface area contributed by atoms with Crippen LogP contribution in [0.5, 0.6) is 0 Å². The molecule has 1 aromatic heterocycles. The van der Waals surface area contributed by atoms with Gasteiger partial charge >= 0.3 is 0 Å². The first-order valence-electron chi connectivity index (χ1n) is 5.71. The van der Waals surface area contributed by atoms with Crippen molar-refractivity contribution in [2.24, 2.45) is 0 Å². The number of benzene rings is 1. The van der Waals surface area contributed by atoms with Crippen molar-refractivity contribution in [1.29, 1.82) is 0 Å². The number of anilines is 1. The molecule has 0 atom stereocenters. The van der Waals surface area contributed by atoms with Gasteiger partial charge in [-0.25, -0.2) is 18.1 Å². The van der Waals surface area contributed by atoms with Gasteiger partial charge in [-0.3, -0.25) is 4.79 Å². The van der Waals surface area contributed by atoms with Crippen molar-refractivity contribution in [3.05, 3.63) is 30.9 Å². The van der Waals surface area contributed by atoms with Gasteiger partial charge in [0.2, 0.25) is 15.9 Å². The standard InChI is InChI=1S/C12H13N3O3S2/c1-3-6-13-20(17,18)9-4-5-10-11(7-9)19-12(15-10)14-8(2)16/h3-5,7,13H,1,6H2,2H3,(H,14,15,16). The third kappa shape index (κ3) is 3.21. The van der Waals surface area contributed by atoms with Gasteiger partial charge in [0, 0.05) is 13.5 Å². The third-order valence-electron chi connectivity index (χ3n) is 2.37. The van der Waals surface area contributed by atoms with Gasteiger partial charge in [0.1, 0.15) is 0 Å². The maximum Gasteiger partial charge on any atom is 0.240 e. The second-order valence-electron chi connectivity index (χ2n) is 3.97. The number of nitrogens with zero attached hydrogens (tertiary/aromatic N) is 1. The van der Waals surface area contributed by atoms with E-state index in [-0.39, 0.29) is 17.3 Å². The molecule has 2 rings (SSSR count). The highest BCUT2D eigenvalue weighted by Crippen LogP contribution is 2.28. The molecule has 0 radical (unpaired) electrons. The van der Waals surface area contributed by atoms with E-state index in [9.17, 15) is 13.2 Å². The van der Waals surface area contributed by atoms with Crippen molar-refractivity contribution in [3.8, 4) is 0 Å². The lowest BCUT2D eigenvalue weighted by molar-refractivity contribution is -0.114. The SMILES string of the molecule is C=CCNS(=O)(=O)c1ccc2nc(NC(C)=O)sc2c1. The summed E-state index contributed by atoms with van der Waals surface area (Å²) in [5, 5.41) is 3.02.